The van der Waals surface area contributed by atoms with E-state index in [9.17, 15) is 19.7 Å². The lowest BCUT2D eigenvalue weighted by atomic mass is 10.0. The molecule has 0 fully saturated rings. The maximum atomic E-state index is 12.6. The van der Waals surface area contributed by atoms with Crippen LogP contribution in [0.4, 0.5) is 11.4 Å². The fraction of sp³-hybridized carbons (Fsp3) is 0.0667. The van der Waals surface area contributed by atoms with Crippen LogP contribution in [0.15, 0.2) is 42.5 Å². The van der Waals surface area contributed by atoms with E-state index >= 15 is 0 Å². The molecular formula is C15H13Cl2N3O4. The topological polar surface area (TPSA) is 115 Å². The van der Waals surface area contributed by atoms with E-state index in [0.717, 1.165) is 6.07 Å². The predicted molar refractivity (Wildman–Crippen MR) is 92.9 cm³/mol. The first-order chi connectivity index (χ1) is 10.9. The number of nitro benzene ring substituents is 1. The largest absolute Gasteiger partial charge is 0.324 e. The summed E-state index contributed by atoms with van der Waals surface area (Å²) in [5.41, 5.74) is 5.24. The van der Waals surface area contributed by atoms with E-state index in [1.807, 2.05) is 0 Å². The summed E-state index contributed by atoms with van der Waals surface area (Å²) < 4.78 is 0. The summed E-state index contributed by atoms with van der Waals surface area (Å²) in [7, 11) is 0. The zero-order valence-corrected chi connectivity index (χ0v) is 13.8. The number of carbonyl (C=O) groups excluding carboxylic acids is 2. The molecule has 2 aromatic rings. The van der Waals surface area contributed by atoms with Gasteiger partial charge in [-0.25, -0.2) is 0 Å². The van der Waals surface area contributed by atoms with Gasteiger partial charge < -0.3 is 11.1 Å². The number of benzene rings is 2. The van der Waals surface area contributed by atoms with Crippen LogP contribution in [0.2, 0.25) is 5.02 Å². The van der Waals surface area contributed by atoms with Gasteiger partial charge >= 0.3 is 0 Å². The van der Waals surface area contributed by atoms with E-state index in [1.165, 1.54) is 24.3 Å². The number of halogens is 2. The Morgan fingerprint density at radius 2 is 1.83 bits per heavy atom. The van der Waals surface area contributed by atoms with Crippen LogP contribution in [0.3, 0.4) is 0 Å². The maximum Gasteiger partial charge on any atom is 0.270 e. The SMILES string of the molecule is Cl.NCC(=O)Nc1ccc([N+](=O)[O-])cc1C(=O)c1ccccc1Cl. The second-order valence-electron chi connectivity index (χ2n) is 4.55. The molecule has 2 aromatic carbocycles. The minimum absolute atomic E-state index is 0. The second kappa shape index (κ2) is 8.39. The summed E-state index contributed by atoms with van der Waals surface area (Å²) in [6.07, 6.45) is 0. The minimum Gasteiger partial charge on any atom is -0.324 e. The van der Waals surface area contributed by atoms with Gasteiger partial charge in [-0.2, -0.15) is 0 Å². The zero-order valence-electron chi connectivity index (χ0n) is 12.2. The molecule has 0 aliphatic heterocycles. The van der Waals surface area contributed by atoms with Gasteiger partial charge in [-0.3, -0.25) is 19.7 Å². The van der Waals surface area contributed by atoms with Gasteiger partial charge in [0.1, 0.15) is 0 Å². The van der Waals surface area contributed by atoms with Crippen LogP contribution in [0, 0.1) is 10.1 Å². The summed E-state index contributed by atoms with van der Waals surface area (Å²) in [5, 5.41) is 13.6. The number of hydrogen-bond acceptors (Lipinski definition) is 5. The lowest BCUT2D eigenvalue weighted by Crippen LogP contribution is -2.23. The molecule has 0 atom stereocenters. The van der Waals surface area contributed by atoms with Gasteiger partial charge in [-0.05, 0) is 18.2 Å². The zero-order chi connectivity index (χ0) is 17.0. The van der Waals surface area contributed by atoms with Crippen molar-refractivity contribution in [1.29, 1.82) is 0 Å². The summed E-state index contributed by atoms with van der Waals surface area (Å²) in [6, 6.07) is 9.88. The highest BCUT2D eigenvalue weighted by atomic mass is 35.5. The van der Waals surface area contributed by atoms with Gasteiger partial charge in [0.2, 0.25) is 5.91 Å². The summed E-state index contributed by atoms with van der Waals surface area (Å²) in [6.45, 7) is -0.281. The molecular weight excluding hydrogens is 357 g/mol. The highest BCUT2D eigenvalue weighted by Crippen LogP contribution is 2.27. The fourth-order valence-corrected chi connectivity index (χ4v) is 2.16. The van der Waals surface area contributed by atoms with Crippen molar-refractivity contribution >= 4 is 47.1 Å². The molecule has 9 heteroatoms. The molecule has 0 spiro atoms. The molecule has 24 heavy (non-hydrogen) atoms. The Morgan fingerprint density at radius 1 is 1.17 bits per heavy atom. The highest BCUT2D eigenvalue weighted by molar-refractivity contribution is 6.35. The summed E-state index contributed by atoms with van der Waals surface area (Å²) in [5.74, 6) is -1.06. The van der Waals surface area contributed by atoms with Crippen LogP contribution >= 0.6 is 24.0 Å². The van der Waals surface area contributed by atoms with Gasteiger partial charge in [0.05, 0.1) is 27.7 Å². The Hall–Kier alpha value is -2.48. The van der Waals surface area contributed by atoms with Crippen LogP contribution in [0.1, 0.15) is 15.9 Å². The molecule has 1 amide bonds. The van der Waals surface area contributed by atoms with E-state index in [-0.39, 0.29) is 46.5 Å². The minimum atomic E-state index is -0.627. The number of carbonyl (C=O) groups is 2. The number of rotatable bonds is 5. The van der Waals surface area contributed by atoms with E-state index in [0.29, 0.717) is 0 Å². The van der Waals surface area contributed by atoms with Gasteiger partial charge in [0.25, 0.3) is 5.69 Å². The number of nitrogens with zero attached hydrogens (tertiary/aromatic N) is 1. The Balaban J connectivity index is 0.00000288. The Kier molecular flexibility index (Phi) is 6.84. The second-order valence-corrected chi connectivity index (χ2v) is 4.96. The first-order valence-electron chi connectivity index (χ1n) is 6.51. The van der Waals surface area contributed by atoms with Gasteiger partial charge in [0, 0.05) is 17.7 Å². The molecule has 0 heterocycles. The van der Waals surface area contributed by atoms with Gasteiger partial charge in [-0.1, -0.05) is 23.7 Å². The molecule has 3 N–H and O–H groups in total. The van der Waals surface area contributed by atoms with Crippen molar-refractivity contribution in [3.05, 3.63) is 68.7 Å². The number of nitro groups is 1. The number of nitrogens with one attached hydrogen (secondary N) is 1. The van der Waals surface area contributed by atoms with Crippen molar-refractivity contribution < 1.29 is 14.5 Å². The first-order valence-corrected chi connectivity index (χ1v) is 6.89. The Bertz CT molecular complexity index is 796. The lowest BCUT2D eigenvalue weighted by molar-refractivity contribution is -0.384. The number of ketones is 1. The van der Waals surface area contributed by atoms with Crippen LogP contribution in [-0.4, -0.2) is 23.2 Å². The fourth-order valence-electron chi connectivity index (χ4n) is 1.93. The molecule has 0 radical (unpaired) electrons. The quantitative estimate of drug-likeness (QED) is 0.477. The van der Waals surface area contributed by atoms with Crippen molar-refractivity contribution in [2.75, 3.05) is 11.9 Å². The highest BCUT2D eigenvalue weighted by Gasteiger charge is 2.20. The van der Waals surface area contributed by atoms with Crippen molar-refractivity contribution in [3.63, 3.8) is 0 Å². The van der Waals surface area contributed by atoms with Gasteiger partial charge in [-0.15, -0.1) is 12.4 Å². The van der Waals surface area contributed by atoms with Crippen LogP contribution in [0.25, 0.3) is 0 Å². The van der Waals surface area contributed by atoms with Crippen LogP contribution in [-0.2, 0) is 4.79 Å². The van der Waals surface area contributed by atoms with Crippen molar-refractivity contribution in [2.45, 2.75) is 0 Å². The molecule has 0 aliphatic carbocycles. The molecule has 0 saturated carbocycles. The third kappa shape index (κ3) is 4.29. The third-order valence-electron chi connectivity index (χ3n) is 3.04. The number of non-ortho nitro benzene ring substituents is 1. The van der Waals surface area contributed by atoms with Gasteiger partial charge in [0.15, 0.2) is 5.78 Å². The summed E-state index contributed by atoms with van der Waals surface area (Å²) >= 11 is 5.99. The maximum absolute atomic E-state index is 12.6. The predicted octanol–water partition coefficient (Wildman–Crippen LogP) is 2.80. The molecule has 0 unspecified atom stereocenters. The van der Waals surface area contributed by atoms with E-state index in [2.05, 4.69) is 5.32 Å². The van der Waals surface area contributed by atoms with E-state index in [1.54, 1.807) is 12.1 Å². The molecule has 0 bridgehead atoms. The molecule has 0 saturated heterocycles. The van der Waals surface area contributed by atoms with E-state index in [4.69, 9.17) is 17.3 Å². The average Bonchev–Trinajstić information content (AvgIpc) is 2.54. The lowest BCUT2D eigenvalue weighted by Gasteiger charge is -2.10. The molecule has 0 aliphatic rings. The number of hydrogen-bond donors (Lipinski definition) is 2. The standard InChI is InChI=1S/C15H12ClN3O4.ClH/c16-12-4-2-1-3-10(12)15(21)11-7-9(19(22)23)5-6-13(11)18-14(20)8-17;/h1-7H,8,17H2,(H,18,20);1H. The number of nitrogens with two attached hydrogens (primary N) is 1. The number of amides is 1. The van der Waals surface area contributed by atoms with E-state index < -0.39 is 16.6 Å². The monoisotopic (exact) mass is 369 g/mol. The molecule has 0 aromatic heterocycles. The number of anilines is 1. The van der Waals surface area contributed by atoms with Crippen molar-refractivity contribution in [1.82, 2.24) is 0 Å². The average molecular weight is 370 g/mol. The third-order valence-corrected chi connectivity index (χ3v) is 3.37. The van der Waals surface area contributed by atoms with Crippen LogP contribution < -0.4 is 11.1 Å². The molecule has 126 valence electrons. The first kappa shape index (κ1) is 19.6. The molecule has 2 rings (SSSR count). The Labute approximate surface area is 148 Å². The normalized spacial score (nSPS) is 9.75. The van der Waals surface area contributed by atoms with Crippen molar-refractivity contribution in [2.24, 2.45) is 5.73 Å². The smallest absolute Gasteiger partial charge is 0.270 e. The van der Waals surface area contributed by atoms with Crippen LogP contribution in [0.5, 0.6) is 0 Å². The van der Waals surface area contributed by atoms with Crippen molar-refractivity contribution in [3.8, 4) is 0 Å². The molecule has 7 nitrogen and oxygen atoms in total. The summed E-state index contributed by atoms with van der Waals surface area (Å²) in [4.78, 5) is 34.4. The Morgan fingerprint density at radius 3 is 2.42 bits per heavy atom.